The van der Waals surface area contributed by atoms with E-state index in [1.54, 1.807) is 14.2 Å². The summed E-state index contributed by atoms with van der Waals surface area (Å²) in [7, 11) is 3.20. The van der Waals surface area contributed by atoms with Crippen LogP contribution in [0, 0.1) is 0 Å². The van der Waals surface area contributed by atoms with Crippen molar-refractivity contribution in [1.82, 2.24) is 10.2 Å². The van der Waals surface area contributed by atoms with Gasteiger partial charge in [0.1, 0.15) is 0 Å². The molecule has 1 saturated heterocycles. The van der Waals surface area contributed by atoms with Gasteiger partial charge in [0.15, 0.2) is 11.5 Å². The number of amides is 1. The van der Waals surface area contributed by atoms with E-state index >= 15 is 0 Å². The predicted octanol–water partition coefficient (Wildman–Crippen LogP) is 1.07. The number of rotatable bonds is 4. The zero-order chi connectivity index (χ0) is 14.5. The van der Waals surface area contributed by atoms with Gasteiger partial charge < -0.3 is 19.7 Å². The molecule has 0 aromatic heterocycles. The summed E-state index contributed by atoms with van der Waals surface area (Å²) < 4.78 is 10.5. The Balaban J connectivity index is 2.07. The van der Waals surface area contributed by atoms with Crippen LogP contribution in [0.25, 0.3) is 0 Å². The fourth-order valence-corrected chi connectivity index (χ4v) is 2.48. The van der Waals surface area contributed by atoms with Crippen LogP contribution in [-0.4, -0.2) is 50.7 Å². The number of piperazine rings is 1. The van der Waals surface area contributed by atoms with Crippen molar-refractivity contribution in [2.75, 3.05) is 33.9 Å². The van der Waals surface area contributed by atoms with Crippen molar-refractivity contribution in [3.05, 3.63) is 23.8 Å². The van der Waals surface area contributed by atoms with Gasteiger partial charge in [0, 0.05) is 25.7 Å². The molecule has 1 atom stereocenters. The molecular weight excluding hydrogens is 256 g/mol. The van der Waals surface area contributed by atoms with Crippen LogP contribution in [0.15, 0.2) is 18.2 Å². The maximum atomic E-state index is 12.4. The fourth-order valence-electron chi connectivity index (χ4n) is 2.48. The number of ether oxygens (including phenoxy) is 2. The number of hydrogen-bond donors (Lipinski definition) is 1. The first-order valence-corrected chi connectivity index (χ1v) is 6.86. The highest BCUT2D eigenvalue weighted by molar-refractivity contribution is 5.79. The Bertz CT molecular complexity index is 476. The van der Waals surface area contributed by atoms with Crippen molar-refractivity contribution < 1.29 is 14.3 Å². The molecule has 0 spiro atoms. The summed E-state index contributed by atoms with van der Waals surface area (Å²) in [4.78, 5) is 14.3. The lowest BCUT2D eigenvalue weighted by Gasteiger charge is -2.34. The van der Waals surface area contributed by atoms with Crippen LogP contribution >= 0.6 is 0 Å². The Morgan fingerprint density at radius 3 is 2.75 bits per heavy atom. The quantitative estimate of drug-likeness (QED) is 0.895. The molecule has 110 valence electrons. The summed E-state index contributed by atoms with van der Waals surface area (Å²) in [5.41, 5.74) is 0.943. The van der Waals surface area contributed by atoms with E-state index in [9.17, 15) is 4.79 Å². The van der Waals surface area contributed by atoms with Gasteiger partial charge in [-0.25, -0.2) is 0 Å². The molecule has 0 unspecified atom stereocenters. The van der Waals surface area contributed by atoms with Gasteiger partial charge in [-0.2, -0.15) is 0 Å². The Morgan fingerprint density at radius 2 is 2.10 bits per heavy atom. The summed E-state index contributed by atoms with van der Waals surface area (Å²) in [6.45, 7) is 4.56. The van der Waals surface area contributed by atoms with E-state index in [-0.39, 0.29) is 11.9 Å². The molecule has 1 aromatic carbocycles. The first-order chi connectivity index (χ1) is 9.65. The average molecular weight is 278 g/mol. The summed E-state index contributed by atoms with van der Waals surface area (Å²) in [5, 5.41) is 3.29. The summed E-state index contributed by atoms with van der Waals surface area (Å²) in [6.07, 6.45) is 0.394. The molecule has 5 nitrogen and oxygen atoms in total. The molecule has 1 amide bonds. The van der Waals surface area contributed by atoms with Gasteiger partial charge in [-0.1, -0.05) is 6.07 Å². The van der Waals surface area contributed by atoms with E-state index in [0.29, 0.717) is 17.9 Å². The fraction of sp³-hybridized carbons (Fsp3) is 0.533. The third kappa shape index (κ3) is 3.22. The molecule has 1 heterocycles. The Hall–Kier alpha value is -1.75. The number of hydrogen-bond acceptors (Lipinski definition) is 4. The molecule has 0 saturated carbocycles. The minimum absolute atomic E-state index is 0.159. The van der Waals surface area contributed by atoms with Gasteiger partial charge in [-0.05, 0) is 24.6 Å². The van der Waals surface area contributed by atoms with Crippen LogP contribution in [0.4, 0.5) is 0 Å². The third-order valence-corrected chi connectivity index (χ3v) is 3.62. The highest BCUT2D eigenvalue weighted by atomic mass is 16.5. The molecule has 1 N–H and O–H groups in total. The van der Waals surface area contributed by atoms with E-state index in [4.69, 9.17) is 9.47 Å². The second kappa shape index (κ2) is 6.61. The zero-order valence-corrected chi connectivity index (χ0v) is 12.3. The molecule has 1 aromatic rings. The maximum absolute atomic E-state index is 12.4. The SMILES string of the molecule is COc1ccc(CC(=O)N2CCNC[C@H]2C)cc1OC. The van der Waals surface area contributed by atoms with Gasteiger partial charge in [-0.3, -0.25) is 4.79 Å². The highest BCUT2D eigenvalue weighted by Crippen LogP contribution is 2.27. The second-order valence-corrected chi connectivity index (χ2v) is 5.01. The van der Waals surface area contributed by atoms with Crippen molar-refractivity contribution >= 4 is 5.91 Å². The predicted molar refractivity (Wildman–Crippen MR) is 77.3 cm³/mol. The van der Waals surface area contributed by atoms with E-state index in [0.717, 1.165) is 25.2 Å². The average Bonchev–Trinajstić information content (AvgIpc) is 2.47. The molecule has 1 aliphatic rings. The molecule has 2 rings (SSSR count). The number of benzene rings is 1. The molecule has 0 aliphatic carbocycles. The second-order valence-electron chi connectivity index (χ2n) is 5.01. The summed E-state index contributed by atoms with van der Waals surface area (Å²) >= 11 is 0. The van der Waals surface area contributed by atoms with Crippen molar-refractivity contribution in [2.24, 2.45) is 0 Å². The van der Waals surface area contributed by atoms with Crippen molar-refractivity contribution in [3.63, 3.8) is 0 Å². The molecule has 1 fully saturated rings. The van der Waals surface area contributed by atoms with Gasteiger partial charge in [0.05, 0.1) is 20.6 Å². The first kappa shape index (κ1) is 14.7. The third-order valence-electron chi connectivity index (χ3n) is 3.62. The molecule has 1 aliphatic heterocycles. The number of methoxy groups -OCH3 is 2. The van der Waals surface area contributed by atoms with Gasteiger partial charge in [0.2, 0.25) is 5.91 Å². The number of carbonyl (C=O) groups is 1. The smallest absolute Gasteiger partial charge is 0.227 e. The number of carbonyl (C=O) groups excluding carboxylic acids is 1. The van der Waals surface area contributed by atoms with Crippen molar-refractivity contribution in [3.8, 4) is 11.5 Å². The van der Waals surface area contributed by atoms with E-state index in [2.05, 4.69) is 12.2 Å². The van der Waals surface area contributed by atoms with Crippen molar-refractivity contribution in [2.45, 2.75) is 19.4 Å². The molecule has 0 radical (unpaired) electrons. The van der Waals surface area contributed by atoms with Gasteiger partial charge >= 0.3 is 0 Å². The standard InChI is InChI=1S/C15H22N2O3/c1-11-10-16-6-7-17(11)15(18)9-12-4-5-13(19-2)14(8-12)20-3/h4-5,8,11,16H,6-7,9-10H2,1-3H3/t11-/m1/s1. The van der Waals surface area contributed by atoms with Crippen molar-refractivity contribution in [1.29, 1.82) is 0 Å². The van der Waals surface area contributed by atoms with Crippen LogP contribution in [0.5, 0.6) is 11.5 Å². The molecule has 20 heavy (non-hydrogen) atoms. The summed E-state index contributed by atoms with van der Waals surface area (Å²) in [5.74, 6) is 1.50. The largest absolute Gasteiger partial charge is 0.493 e. The van der Waals surface area contributed by atoms with Crippen LogP contribution in [0.1, 0.15) is 12.5 Å². The summed E-state index contributed by atoms with van der Waals surface area (Å²) in [6, 6.07) is 5.86. The van der Waals surface area contributed by atoms with Gasteiger partial charge in [-0.15, -0.1) is 0 Å². The monoisotopic (exact) mass is 278 g/mol. The zero-order valence-electron chi connectivity index (χ0n) is 12.3. The Kier molecular flexibility index (Phi) is 4.84. The van der Waals surface area contributed by atoms with E-state index in [1.165, 1.54) is 0 Å². The van der Waals surface area contributed by atoms with E-state index < -0.39 is 0 Å². The van der Waals surface area contributed by atoms with E-state index in [1.807, 2.05) is 23.1 Å². The topological polar surface area (TPSA) is 50.8 Å². The van der Waals surface area contributed by atoms with Crippen LogP contribution in [-0.2, 0) is 11.2 Å². The normalized spacial score (nSPS) is 18.8. The molecular formula is C15H22N2O3. The Morgan fingerprint density at radius 1 is 1.35 bits per heavy atom. The van der Waals surface area contributed by atoms with Crippen LogP contribution in [0.3, 0.4) is 0 Å². The Labute approximate surface area is 119 Å². The highest BCUT2D eigenvalue weighted by Gasteiger charge is 2.23. The first-order valence-electron chi connectivity index (χ1n) is 6.86. The minimum Gasteiger partial charge on any atom is -0.493 e. The minimum atomic E-state index is 0.159. The number of nitrogens with one attached hydrogen (secondary N) is 1. The lowest BCUT2D eigenvalue weighted by Crippen LogP contribution is -2.52. The lowest BCUT2D eigenvalue weighted by atomic mass is 10.1. The lowest BCUT2D eigenvalue weighted by molar-refractivity contribution is -0.133. The maximum Gasteiger partial charge on any atom is 0.227 e. The van der Waals surface area contributed by atoms with Gasteiger partial charge in [0.25, 0.3) is 0 Å². The van der Waals surface area contributed by atoms with Crippen LogP contribution < -0.4 is 14.8 Å². The molecule has 0 bridgehead atoms. The molecule has 5 heteroatoms. The number of nitrogens with zero attached hydrogens (tertiary/aromatic N) is 1. The van der Waals surface area contributed by atoms with Crippen LogP contribution in [0.2, 0.25) is 0 Å².